The van der Waals surface area contributed by atoms with Crippen LogP contribution >= 0.6 is 0 Å². The summed E-state index contributed by atoms with van der Waals surface area (Å²) in [5, 5.41) is 12.2. The highest BCUT2D eigenvalue weighted by atomic mass is 16.6. The molecule has 1 fully saturated rings. The molecule has 1 aliphatic heterocycles. The highest BCUT2D eigenvalue weighted by Crippen LogP contribution is 2.46. The van der Waals surface area contributed by atoms with E-state index in [2.05, 4.69) is 10.3 Å². The van der Waals surface area contributed by atoms with Gasteiger partial charge in [0, 0.05) is 27.0 Å². The number of aliphatic hydroxyl groups excluding tert-OH is 1. The number of carbonyl (C=O) groups excluding carboxylic acids is 4. The number of nitrogens with one attached hydrogen (secondary N) is 1. The van der Waals surface area contributed by atoms with Gasteiger partial charge in [0.05, 0.1) is 6.61 Å². The van der Waals surface area contributed by atoms with Crippen molar-refractivity contribution >= 4 is 29.4 Å². The van der Waals surface area contributed by atoms with Gasteiger partial charge in [-0.15, -0.1) is 0 Å². The molecule has 2 heterocycles. The molecule has 1 saturated heterocycles. The van der Waals surface area contributed by atoms with Gasteiger partial charge in [-0.05, 0) is 13.0 Å². The van der Waals surface area contributed by atoms with Gasteiger partial charge in [0.25, 0.3) is 0 Å². The Morgan fingerprint density at radius 3 is 2.37 bits per heavy atom. The first-order chi connectivity index (χ1) is 14.0. The number of ether oxygens (including phenoxy) is 3. The number of amides is 1. The van der Waals surface area contributed by atoms with Gasteiger partial charge < -0.3 is 24.6 Å². The Labute approximate surface area is 171 Å². The number of anilines is 1. The van der Waals surface area contributed by atoms with E-state index in [1.807, 2.05) is 0 Å². The fourth-order valence-corrected chi connectivity index (χ4v) is 3.34. The van der Waals surface area contributed by atoms with Gasteiger partial charge in [-0.25, -0.2) is 4.79 Å². The molecule has 4 atom stereocenters. The van der Waals surface area contributed by atoms with Crippen LogP contribution in [0.25, 0.3) is 0 Å². The Kier molecular flexibility index (Phi) is 7.05. The average Bonchev–Trinajstić information content (AvgIpc) is 2.93. The lowest BCUT2D eigenvalue weighted by Crippen LogP contribution is -2.53. The molecule has 30 heavy (non-hydrogen) atoms. The van der Waals surface area contributed by atoms with Crippen LogP contribution in [0, 0.1) is 5.41 Å². The van der Waals surface area contributed by atoms with E-state index in [-0.39, 0.29) is 5.82 Å². The molecule has 2 N–H and O–H groups in total. The SMILES string of the molecule is CC(=O)Nc1ccn([C@@H]2O[C@H](CO)[C@@](COC(C)=O)(C(C)=O)[C@H]2OC(C)=O)c(=O)n1. The number of Topliss-reactive ketones (excluding diaryl/α,β-unsaturated/α-hetero) is 1. The van der Waals surface area contributed by atoms with Crippen LogP contribution in [0.1, 0.15) is 33.9 Å². The highest BCUT2D eigenvalue weighted by molar-refractivity contribution is 5.87. The fraction of sp³-hybridized carbons (Fsp3) is 0.556. The molecule has 164 valence electrons. The van der Waals surface area contributed by atoms with Crippen LogP contribution in [0.5, 0.6) is 0 Å². The summed E-state index contributed by atoms with van der Waals surface area (Å²) in [5.74, 6) is -2.51. The van der Waals surface area contributed by atoms with Gasteiger partial charge >= 0.3 is 17.6 Å². The van der Waals surface area contributed by atoms with E-state index in [0.717, 1.165) is 18.4 Å². The summed E-state index contributed by atoms with van der Waals surface area (Å²) in [5.41, 5.74) is -2.63. The largest absolute Gasteiger partial charge is 0.465 e. The molecule has 0 unspecified atom stereocenters. The zero-order valence-electron chi connectivity index (χ0n) is 16.9. The van der Waals surface area contributed by atoms with E-state index >= 15 is 0 Å². The van der Waals surface area contributed by atoms with Gasteiger partial charge in [-0.2, -0.15) is 4.98 Å². The van der Waals surface area contributed by atoms with Crippen LogP contribution < -0.4 is 11.0 Å². The molecule has 0 bridgehead atoms. The minimum absolute atomic E-state index is 0.0118. The molecule has 1 aromatic rings. The highest BCUT2D eigenvalue weighted by Gasteiger charge is 2.63. The van der Waals surface area contributed by atoms with Crippen molar-refractivity contribution in [1.82, 2.24) is 9.55 Å². The Bertz CT molecular complexity index is 912. The fourth-order valence-electron chi connectivity index (χ4n) is 3.34. The van der Waals surface area contributed by atoms with Gasteiger partial charge in [0.15, 0.2) is 12.3 Å². The number of hydrogen-bond acceptors (Lipinski definition) is 10. The second-order valence-electron chi connectivity index (χ2n) is 6.79. The molecular weight excluding hydrogens is 402 g/mol. The van der Waals surface area contributed by atoms with Crippen molar-refractivity contribution in [3.63, 3.8) is 0 Å². The van der Waals surface area contributed by atoms with Crippen molar-refractivity contribution in [2.45, 2.75) is 46.1 Å². The summed E-state index contributed by atoms with van der Waals surface area (Å²) in [6, 6.07) is 1.31. The third-order valence-electron chi connectivity index (χ3n) is 4.68. The van der Waals surface area contributed by atoms with E-state index in [1.54, 1.807) is 0 Å². The third kappa shape index (κ3) is 4.54. The molecule has 0 spiro atoms. The van der Waals surface area contributed by atoms with Crippen LogP contribution in [0.2, 0.25) is 0 Å². The molecular formula is C18H23N3O9. The van der Waals surface area contributed by atoms with Gasteiger partial charge in [-0.1, -0.05) is 0 Å². The molecule has 0 saturated carbocycles. The third-order valence-corrected chi connectivity index (χ3v) is 4.68. The summed E-state index contributed by atoms with van der Waals surface area (Å²) >= 11 is 0. The van der Waals surface area contributed by atoms with Crippen LogP contribution in [0.3, 0.4) is 0 Å². The van der Waals surface area contributed by atoms with Crippen LogP contribution in [0.15, 0.2) is 17.1 Å². The van der Waals surface area contributed by atoms with Crippen LogP contribution in [-0.2, 0) is 33.4 Å². The number of aliphatic hydroxyl groups is 1. The van der Waals surface area contributed by atoms with Crippen molar-refractivity contribution in [2.75, 3.05) is 18.5 Å². The van der Waals surface area contributed by atoms with E-state index in [9.17, 15) is 29.1 Å². The Hall–Kier alpha value is -3.12. The number of hydrogen-bond donors (Lipinski definition) is 2. The summed E-state index contributed by atoms with van der Waals surface area (Å²) in [6.45, 7) is 3.43. The van der Waals surface area contributed by atoms with E-state index in [4.69, 9.17) is 14.2 Å². The lowest BCUT2D eigenvalue weighted by molar-refractivity contribution is -0.166. The number of esters is 2. The van der Waals surface area contributed by atoms with Crippen LogP contribution in [0.4, 0.5) is 5.82 Å². The number of aromatic nitrogens is 2. The summed E-state index contributed by atoms with van der Waals surface area (Å²) < 4.78 is 17.0. The Balaban J connectivity index is 2.57. The summed E-state index contributed by atoms with van der Waals surface area (Å²) in [7, 11) is 0. The topological polar surface area (TPSA) is 163 Å². The number of ketones is 1. The second kappa shape index (κ2) is 9.13. The summed E-state index contributed by atoms with van der Waals surface area (Å²) in [4.78, 5) is 63.2. The van der Waals surface area contributed by atoms with Crippen molar-refractivity contribution in [1.29, 1.82) is 0 Å². The van der Waals surface area contributed by atoms with E-state index in [0.29, 0.717) is 0 Å². The van der Waals surface area contributed by atoms with Crippen molar-refractivity contribution in [2.24, 2.45) is 5.41 Å². The minimum Gasteiger partial charge on any atom is -0.465 e. The predicted octanol–water partition coefficient (Wildman–Crippen LogP) is -0.838. The Morgan fingerprint density at radius 2 is 1.90 bits per heavy atom. The number of nitrogens with zero attached hydrogens (tertiary/aromatic N) is 2. The quantitative estimate of drug-likeness (QED) is 0.527. The van der Waals surface area contributed by atoms with Crippen molar-refractivity contribution in [3.05, 3.63) is 22.7 Å². The average molecular weight is 425 g/mol. The normalized spacial score (nSPS) is 25.4. The first-order valence-electron chi connectivity index (χ1n) is 8.97. The lowest BCUT2D eigenvalue weighted by Gasteiger charge is -2.34. The molecule has 0 radical (unpaired) electrons. The maximum Gasteiger partial charge on any atom is 0.351 e. The van der Waals surface area contributed by atoms with Crippen LogP contribution in [-0.4, -0.2) is 63.7 Å². The van der Waals surface area contributed by atoms with Crippen molar-refractivity contribution < 1.29 is 38.5 Å². The van der Waals surface area contributed by atoms with Gasteiger partial charge in [0.2, 0.25) is 5.91 Å². The molecule has 1 aromatic heterocycles. The summed E-state index contributed by atoms with van der Waals surface area (Å²) in [6.07, 6.45) is -2.77. The maximum absolute atomic E-state index is 12.7. The molecule has 1 aliphatic rings. The molecule has 2 rings (SSSR count). The molecule has 0 aliphatic carbocycles. The first-order valence-corrected chi connectivity index (χ1v) is 8.97. The minimum atomic E-state index is -1.76. The van der Waals surface area contributed by atoms with Gasteiger partial charge in [0.1, 0.15) is 29.7 Å². The first kappa shape index (κ1) is 23.2. The standard InChI is InChI=1S/C18H23N3O9/c1-9(23)18(8-28-11(3)25)13(7-22)30-16(15(18)29-12(4)26)21-6-5-14(19-10(2)24)20-17(21)27/h5-6,13,15-16,22H,7-8H2,1-4H3,(H,19,20,24,27)/t13-,15+,16-,18-/m1/s1. The maximum atomic E-state index is 12.7. The Morgan fingerprint density at radius 1 is 1.23 bits per heavy atom. The molecule has 1 amide bonds. The predicted molar refractivity (Wildman–Crippen MR) is 99.1 cm³/mol. The molecule has 12 nitrogen and oxygen atoms in total. The zero-order chi connectivity index (χ0) is 22.6. The lowest BCUT2D eigenvalue weighted by atomic mass is 9.75. The van der Waals surface area contributed by atoms with Gasteiger partial charge in [-0.3, -0.25) is 23.7 Å². The number of carbonyl (C=O) groups is 4. The molecule has 12 heteroatoms. The smallest absolute Gasteiger partial charge is 0.351 e. The zero-order valence-corrected chi connectivity index (χ0v) is 16.9. The molecule has 0 aromatic carbocycles. The van der Waals surface area contributed by atoms with Crippen molar-refractivity contribution in [3.8, 4) is 0 Å². The van der Waals surface area contributed by atoms with E-state index < -0.39 is 66.4 Å². The van der Waals surface area contributed by atoms with E-state index in [1.165, 1.54) is 26.1 Å². The monoisotopic (exact) mass is 425 g/mol. The number of rotatable bonds is 7. The second-order valence-corrected chi connectivity index (χ2v) is 6.79.